The second kappa shape index (κ2) is 12.6. The molecule has 222 valence electrons. The summed E-state index contributed by atoms with van der Waals surface area (Å²) in [5, 5.41) is 9.97. The van der Waals surface area contributed by atoms with Crippen LogP contribution in [0.25, 0.3) is 11.0 Å². The lowest BCUT2D eigenvalue weighted by Crippen LogP contribution is -2.33. The van der Waals surface area contributed by atoms with Crippen molar-refractivity contribution in [2.75, 3.05) is 13.1 Å². The molecule has 6 rings (SSSR count). The molecule has 1 saturated heterocycles. The number of likely N-dealkylation sites (tertiary alicyclic amines) is 1. The Hall–Kier alpha value is -4.21. The van der Waals surface area contributed by atoms with Crippen molar-refractivity contribution in [3.05, 3.63) is 112 Å². The molecule has 0 radical (unpaired) electrons. The summed E-state index contributed by atoms with van der Waals surface area (Å²) in [6.07, 6.45) is 5.56. The molecule has 0 bridgehead atoms. The highest BCUT2D eigenvalue weighted by molar-refractivity contribution is 6.30. The molecule has 5 aromatic rings. The SMILES string of the molecule is CCn1cncc1Cn1c(CN2CCC(c3ccccc3OCc3ccc(Cl)cc3F)CC2)nc2ccc(C(=O)O)cc21. The van der Waals surface area contributed by atoms with Crippen molar-refractivity contribution in [2.24, 2.45) is 0 Å². The van der Waals surface area contributed by atoms with Crippen LogP contribution in [0.2, 0.25) is 5.02 Å². The van der Waals surface area contributed by atoms with Gasteiger partial charge in [-0.2, -0.15) is 0 Å². The number of hydrogen-bond donors (Lipinski definition) is 1. The summed E-state index contributed by atoms with van der Waals surface area (Å²) in [7, 11) is 0. The Balaban J connectivity index is 1.18. The number of aromatic carboxylic acids is 1. The lowest BCUT2D eigenvalue weighted by Gasteiger charge is -2.32. The third-order valence-corrected chi connectivity index (χ3v) is 8.48. The van der Waals surface area contributed by atoms with E-state index >= 15 is 0 Å². The van der Waals surface area contributed by atoms with E-state index in [9.17, 15) is 14.3 Å². The Labute approximate surface area is 254 Å². The molecule has 0 spiro atoms. The highest BCUT2D eigenvalue weighted by atomic mass is 35.5. The summed E-state index contributed by atoms with van der Waals surface area (Å²) < 4.78 is 24.6. The number of carboxylic acid groups (broad SMARTS) is 1. The van der Waals surface area contributed by atoms with E-state index in [4.69, 9.17) is 21.3 Å². The summed E-state index contributed by atoms with van der Waals surface area (Å²) in [5.74, 6) is 0.660. The Morgan fingerprint density at radius 3 is 2.67 bits per heavy atom. The summed E-state index contributed by atoms with van der Waals surface area (Å²) in [6, 6.07) is 17.7. The molecule has 0 unspecified atom stereocenters. The normalized spacial score (nSPS) is 14.4. The number of nitrogens with zero attached hydrogens (tertiary/aromatic N) is 5. The maximum atomic E-state index is 14.3. The summed E-state index contributed by atoms with van der Waals surface area (Å²) >= 11 is 5.90. The number of hydrogen-bond acceptors (Lipinski definition) is 5. The number of rotatable bonds is 10. The van der Waals surface area contributed by atoms with Gasteiger partial charge in [-0.25, -0.2) is 19.2 Å². The summed E-state index contributed by atoms with van der Waals surface area (Å²) in [5.41, 5.74) is 4.46. The molecule has 3 heterocycles. The number of fused-ring (bicyclic) bond motifs is 1. The fraction of sp³-hybridized carbons (Fsp3) is 0.303. The quantitative estimate of drug-likeness (QED) is 0.191. The standard InChI is InChI=1S/C33H33ClFN5O3/c1-2-39-21-36-17-26(39)18-40-30-15-23(33(41)42)8-10-29(30)37-32(40)19-38-13-11-22(12-14-38)27-5-3-4-6-31(27)43-20-24-7-9-25(34)16-28(24)35/h3-10,15-17,21-22H,2,11-14,18-20H2,1H3,(H,41,42). The topological polar surface area (TPSA) is 85.4 Å². The van der Waals surface area contributed by atoms with Gasteiger partial charge in [-0.1, -0.05) is 35.9 Å². The maximum Gasteiger partial charge on any atom is 0.335 e. The molecule has 0 amide bonds. The molecule has 0 saturated carbocycles. The van der Waals surface area contributed by atoms with Crippen LogP contribution in [0.3, 0.4) is 0 Å². The van der Waals surface area contributed by atoms with Crippen molar-refractivity contribution < 1.29 is 19.0 Å². The molecule has 10 heteroatoms. The predicted molar refractivity (Wildman–Crippen MR) is 163 cm³/mol. The average Bonchev–Trinajstić information content (AvgIpc) is 3.61. The third-order valence-electron chi connectivity index (χ3n) is 8.24. The number of carboxylic acids is 1. The monoisotopic (exact) mass is 601 g/mol. The lowest BCUT2D eigenvalue weighted by molar-refractivity contribution is 0.0697. The van der Waals surface area contributed by atoms with Crippen molar-refractivity contribution >= 4 is 28.6 Å². The molecule has 1 aliphatic rings. The number of piperidine rings is 1. The van der Waals surface area contributed by atoms with Gasteiger partial charge < -0.3 is 19.0 Å². The molecule has 0 aliphatic carbocycles. The number of aryl methyl sites for hydroxylation is 1. The third kappa shape index (κ3) is 6.28. The van der Waals surface area contributed by atoms with Gasteiger partial charge in [0.15, 0.2) is 0 Å². The summed E-state index contributed by atoms with van der Waals surface area (Å²) in [4.78, 5) is 23.4. The number of benzene rings is 3. The Bertz CT molecular complexity index is 1760. The van der Waals surface area contributed by atoms with Crippen LogP contribution in [0.5, 0.6) is 5.75 Å². The van der Waals surface area contributed by atoms with Gasteiger partial charge in [-0.3, -0.25) is 4.90 Å². The molecule has 3 aromatic carbocycles. The Kier molecular flexibility index (Phi) is 8.44. The van der Waals surface area contributed by atoms with Crippen LogP contribution in [0.1, 0.15) is 58.7 Å². The van der Waals surface area contributed by atoms with Crippen molar-refractivity contribution in [1.82, 2.24) is 24.0 Å². The number of imidazole rings is 2. The largest absolute Gasteiger partial charge is 0.489 e. The Morgan fingerprint density at radius 2 is 1.91 bits per heavy atom. The van der Waals surface area contributed by atoms with Crippen molar-refractivity contribution in [2.45, 2.75) is 51.9 Å². The number of aromatic nitrogens is 4. The Morgan fingerprint density at radius 1 is 1.09 bits per heavy atom. The van der Waals surface area contributed by atoms with Crippen LogP contribution in [-0.4, -0.2) is 48.2 Å². The summed E-state index contributed by atoms with van der Waals surface area (Å²) in [6.45, 7) is 5.96. The van der Waals surface area contributed by atoms with Crippen molar-refractivity contribution in [3.63, 3.8) is 0 Å². The van der Waals surface area contributed by atoms with Crippen LogP contribution in [-0.2, 0) is 26.2 Å². The first-order chi connectivity index (χ1) is 20.9. The minimum atomic E-state index is -0.959. The molecule has 43 heavy (non-hydrogen) atoms. The molecule has 1 aliphatic heterocycles. The smallest absolute Gasteiger partial charge is 0.335 e. The predicted octanol–water partition coefficient (Wildman–Crippen LogP) is 6.75. The molecule has 8 nitrogen and oxygen atoms in total. The first-order valence-electron chi connectivity index (χ1n) is 14.5. The van der Waals surface area contributed by atoms with E-state index in [0.29, 0.717) is 29.6 Å². The fourth-order valence-electron chi connectivity index (χ4n) is 5.87. The van der Waals surface area contributed by atoms with E-state index < -0.39 is 5.97 Å². The minimum Gasteiger partial charge on any atom is -0.489 e. The molecule has 1 N–H and O–H groups in total. The first-order valence-corrected chi connectivity index (χ1v) is 14.9. The van der Waals surface area contributed by atoms with E-state index in [1.165, 1.54) is 6.07 Å². The van der Waals surface area contributed by atoms with Gasteiger partial charge >= 0.3 is 5.97 Å². The zero-order valence-electron chi connectivity index (χ0n) is 23.9. The number of para-hydroxylation sites is 1. The second-order valence-electron chi connectivity index (χ2n) is 10.9. The van der Waals surface area contributed by atoms with Gasteiger partial charge in [-0.15, -0.1) is 0 Å². The van der Waals surface area contributed by atoms with Crippen LogP contribution in [0.15, 0.2) is 73.2 Å². The van der Waals surface area contributed by atoms with Gasteiger partial charge in [0.1, 0.15) is 24.0 Å². The van der Waals surface area contributed by atoms with E-state index in [-0.39, 0.29) is 18.0 Å². The van der Waals surface area contributed by atoms with Gasteiger partial charge in [0, 0.05) is 23.3 Å². The first kappa shape index (κ1) is 28.9. The maximum absolute atomic E-state index is 14.3. The van der Waals surface area contributed by atoms with Crippen LogP contribution < -0.4 is 4.74 Å². The molecule has 1 fully saturated rings. The number of ether oxygens (including phenoxy) is 1. The zero-order chi connectivity index (χ0) is 29.9. The van der Waals surface area contributed by atoms with E-state index in [0.717, 1.165) is 66.3 Å². The molecule has 0 atom stereocenters. The molecular weight excluding hydrogens is 569 g/mol. The minimum absolute atomic E-state index is 0.135. The fourth-order valence-corrected chi connectivity index (χ4v) is 6.03. The number of carbonyl (C=O) groups is 1. The highest BCUT2D eigenvalue weighted by Gasteiger charge is 2.25. The van der Waals surface area contributed by atoms with Crippen LogP contribution in [0, 0.1) is 5.82 Å². The van der Waals surface area contributed by atoms with E-state index in [1.54, 1.807) is 30.3 Å². The van der Waals surface area contributed by atoms with E-state index in [2.05, 4.69) is 32.0 Å². The van der Waals surface area contributed by atoms with Gasteiger partial charge in [0.25, 0.3) is 0 Å². The highest BCUT2D eigenvalue weighted by Crippen LogP contribution is 2.35. The average molecular weight is 602 g/mol. The van der Waals surface area contributed by atoms with Gasteiger partial charge in [0.2, 0.25) is 0 Å². The molecular formula is C33H33ClFN5O3. The van der Waals surface area contributed by atoms with E-state index in [1.807, 2.05) is 30.7 Å². The lowest BCUT2D eigenvalue weighted by atomic mass is 9.89. The van der Waals surface area contributed by atoms with Crippen molar-refractivity contribution in [1.29, 1.82) is 0 Å². The van der Waals surface area contributed by atoms with Gasteiger partial charge in [0.05, 0.1) is 41.7 Å². The van der Waals surface area contributed by atoms with Crippen LogP contribution >= 0.6 is 11.6 Å². The zero-order valence-corrected chi connectivity index (χ0v) is 24.7. The van der Waals surface area contributed by atoms with Crippen LogP contribution in [0.4, 0.5) is 4.39 Å². The van der Waals surface area contributed by atoms with Crippen molar-refractivity contribution in [3.8, 4) is 5.75 Å². The number of halogens is 2. The van der Waals surface area contributed by atoms with Gasteiger partial charge in [-0.05, 0) is 80.7 Å². The molecule has 2 aromatic heterocycles. The second-order valence-corrected chi connectivity index (χ2v) is 11.3.